The maximum absolute atomic E-state index is 5.46. The molecular weight excluding hydrogens is 278 g/mol. The number of ether oxygens (including phenoxy) is 1. The molecule has 1 saturated carbocycles. The van der Waals surface area contributed by atoms with Crippen molar-refractivity contribution in [1.29, 1.82) is 0 Å². The number of nitrogens with one attached hydrogen (secondary N) is 1. The molecule has 3 rings (SSSR count). The fourth-order valence-corrected chi connectivity index (χ4v) is 3.29. The summed E-state index contributed by atoms with van der Waals surface area (Å²) < 4.78 is 7.27. The highest BCUT2D eigenvalue weighted by atomic mass is 16.5. The van der Waals surface area contributed by atoms with Crippen LogP contribution < -0.4 is 10.1 Å². The van der Waals surface area contributed by atoms with Gasteiger partial charge in [0.2, 0.25) is 0 Å². The van der Waals surface area contributed by atoms with E-state index in [0.29, 0.717) is 0 Å². The van der Waals surface area contributed by atoms with Gasteiger partial charge in [-0.2, -0.15) is 4.68 Å². The monoisotopic (exact) mass is 301 g/mol. The van der Waals surface area contributed by atoms with E-state index >= 15 is 0 Å². The van der Waals surface area contributed by atoms with Gasteiger partial charge in [-0.05, 0) is 61.2 Å². The number of tetrazole rings is 1. The topological polar surface area (TPSA) is 64.9 Å². The molecule has 0 saturated heterocycles. The van der Waals surface area contributed by atoms with Crippen molar-refractivity contribution in [1.82, 2.24) is 25.5 Å². The van der Waals surface area contributed by atoms with E-state index in [1.807, 2.05) is 36.0 Å². The summed E-state index contributed by atoms with van der Waals surface area (Å²) in [5, 5.41) is 16.0. The van der Waals surface area contributed by atoms with Crippen molar-refractivity contribution in [2.24, 2.45) is 5.92 Å². The van der Waals surface area contributed by atoms with E-state index < -0.39 is 0 Å². The number of hydrogen-bond donors (Lipinski definition) is 1. The van der Waals surface area contributed by atoms with Gasteiger partial charge in [0.1, 0.15) is 11.4 Å². The Bertz CT molecular complexity index is 631. The van der Waals surface area contributed by atoms with Crippen molar-refractivity contribution in [3.63, 3.8) is 0 Å². The van der Waals surface area contributed by atoms with E-state index in [1.54, 1.807) is 7.11 Å². The van der Waals surface area contributed by atoms with Crippen LogP contribution in [0, 0.1) is 5.92 Å². The van der Waals surface area contributed by atoms with Gasteiger partial charge in [-0.1, -0.05) is 19.1 Å². The Morgan fingerprint density at radius 3 is 2.68 bits per heavy atom. The molecule has 0 unspecified atom stereocenters. The van der Waals surface area contributed by atoms with Gasteiger partial charge >= 0.3 is 0 Å². The first-order chi connectivity index (χ1) is 10.7. The predicted molar refractivity (Wildman–Crippen MR) is 84.1 cm³/mol. The van der Waals surface area contributed by atoms with E-state index in [2.05, 4.69) is 27.8 Å². The van der Waals surface area contributed by atoms with Gasteiger partial charge in [0.05, 0.1) is 12.6 Å². The summed E-state index contributed by atoms with van der Waals surface area (Å²) in [7, 11) is 3.66. The molecule has 2 aromatic rings. The third-order valence-corrected chi connectivity index (χ3v) is 4.82. The lowest BCUT2D eigenvalue weighted by molar-refractivity contribution is 0.194. The van der Waals surface area contributed by atoms with Crippen molar-refractivity contribution in [3.8, 4) is 11.4 Å². The van der Waals surface area contributed by atoms with Crippen LogP contribution >= 0.6 is 0 Å². The van der Waals surface area contributed by atoms with Crippen LogP contribution in [-0.4, -0.2) is 34.4 Å². The third-order valence-electron chi connectivity index (χ3n) is 4.82. The summed E-state index contributed by atoms with van der Waals surface area (Å²) in [4.78, 5) is 0. The standard InChI is InChI=1S/C16H23N5O/c1-12-8-10-16(17-2,11-9-12)15-18-19-20-21(15)13-6-4-5-7-14(13)22-3/h4-7,12,17H,8-11H2,1-3H3. The minimum absolute atomic E-state index is 0.170. The summed E-state index contributed by atoms with van der Waals surface area (Å²) >= 11 is 0. The van der Waals surface area contributed by atoms with Crippen molar-refractivity contribution >= 4 is 0 Å². The first-order valence-electron chi connectivity index (χ1n) is 7.81. The average molecular weight is 301 g/mol. The van der Waals surface area contributed by atoms with Crippen LogP contribution in [0.15, 0.2) is 24.3 Å². The lowest BCUT2D eigenvalue weighted by Crippen LogP contribution is -2.45. The summed E-state index contributed by atoms with van der Waals surface area (Å²) in [6, 6.07) is 7.82. The Morgan fingerprint density at radius 1 is 1.27 bits per heavy atom. The van der Waals surface area contributed by atoms with Gasteiger partial charge in [-0.25, -0.2) is 0 Å². The van der Waals surface area contributed by atoms with Gasteiger partial charge in [0.15, 0.2) is 5.82 Å². The number of hydrogen-bond acceptors (Lipinski definition) is 5. The van der Waals surface area contributed by atoms with Crippen LogP contribution in [-0.2, 0) is 5.54 Å². The zero-order valence-electron chi connectivity index (χ0n) is 13.4. The second kappa shape index (κ2) is 6.04. The molecule has 1 heterocycles. The van der Waals surface area contributed by atoms with Gasteiger partial charge in [-0.15, -0.1) is 5.10 Å². The van der Waals surface area contributed by atoms with Crippen molar-refractivity contribution in [2.75, 3.05) is 14.2 Å². The maximum Gasteiger partial charge on any atom is 0.176 e. The minimum Gasteiger partial charge on any atom is -0.494 e. The van der Waals surface area contributed by atoms with E-state index in [4.69, 9.17) is 4.74 Å². The third kappa shape index (κ3) is 2.47. The van der Waals surface area contributed by atoms with Crippen molar-refractivity contribution < 1.29 is 4.74 Å². The number of aromatic nitrogens is 4. The lowest BCUT2D eigenvalue weighted by atomic mass is 9.76. The molecule has 0 radical (unpaired) electrons. The first-order valence-corrected chi connectivity index (χ1v) is 7.81. The van der Waals surface area contributed by atoms with E-state index in [9.17, 15) is 0 Å². The average Bonchev–Trinajstić information content (AvgIpc) is 3.06. The molecule has 1 N–H and O–H groups in total. The molecular formula is C16H23N5O. The van der Waals surface area contributed by atoms with Gasteiger partial charge in [0.25, 0.3) is 0 Å². The first kappa shape index (κ1) is 15.0. The molecule has 0 amide bonds. The van der Waals surface area contributed by atoms with Crippen molar-refractivity contribution in [3.05, 3.63) is 30.1 Å². The van der Waals surface area contributed by atoms with E-state index in [0.717, 1.165) is 36.0 Å². The molecule has 1 aliphatic carbocycles. The number of benzene rings is 1. The Morgan fingerprint density at radius 2 is 2.00 bits per heavy atom. The molecule has 1 aromatic carbocycles. The Hall–Kier alpha value is -1.95. The number of nitrogens with zero attached hydrogens (tertiary/aromatic N) is 4. The Balaban J connectivity index is 2.05. The fraction of sp³-hybridized carbons (Fsp3) is 0.562. The molecule has 1 aromatic heterocycles. The highest BCUT2D eigenvalue weighted by Crippen LogP contribution is 2.39. The van der Waals surface area contributed by atoms with Gasteiger partial charge in [0, 0.05) is 0 Å². The van der Waals surface area contributed by atoms with Crippen LogP contribution in [0.4, 0.5) is 0 Å². The lowest BCUT2D eigenvalue weighted by Gasteiger charge is -2.38. The number of methoxy groups -OCH3 is 1. The van der Waals surface area contributed by atoms with Gasteiger partial charge in [-0.3, -0.25) is 0 Å². The number of para-hydroxylation sites is 2. The summed E-state index contributed by atoms with van der Waals surface area (Å²) in [6.07, 6.45) is 4.44. The van der Waals surface area contributed by atoms with Gasteiger partial charge < -0.3 is 10.1 Å². The van der Waals surface area contributed by atoms with E-state index in [1.165, 1.54) is 12.8 Å². The fourth-order valence-electron chi connectivity index (χ4n) is 3.29. The molecule has 0 bridgehead atoms. The van der Waals surface area contributed by atoms with Crippen LogP contribution in [0.25, 0.3) is 5.69 Å². The highest BCUT2D eigenvalue weighted by molar-refractivity contribution is 5.46. The van der Waals surface area contributed by atoms with Crippen LogP contribution in [0.5, 0.6) is 5.75 Å². The zero-order chi connectivity index (χ0) is 15.6. The molecule has 22 heavy (non-hydrogen) atoms. The second-order valence-corrected chi connectivity index (χ2v) is 6.10. The molecule has 0 spiro atoms. The smallest absolute Gasteiger partial charge is 0.176 e. The molecule has 6 nitrogen and oxygen atoms in total. The molecule has 0 atom stereocenters. The van der Waals surface area contributed by atoms with Crippen LogP contribution in [0.1, 0.15) is 38.4 Å². The van der Waals surface area contributed by atoms with Crippen molar-refractivity contribution in [2.45, 2.75) is 38.1 Å². The molecule has 1 aliphatic rings. The second-order valence-electron chi connectivity index (χ2n) is 6.10. The Kier molecular flexibility index (Phi) is 4.11. The maximum atomic E-state index is 5.46. The zero-order valence-corrected chi connectivity index (χ0v) is 13.4. The Labute approximate surface area is 130 Å². The molecule has 6 heteroatoms. The van der Waals surface area contributed by atoms with E-state index in [-0.39, 0.29) is 5.54 Å². The summed E-state index contributed by atoms with van der Waals surface area (Å²) in [5.41, 5.74) is 0.704. The quantitative estimate of drug-likeness (QED) is 0.938. The normalized spacial score (nSPS) is 25.1. The minimum atomic E-state index is -0.170. The number of rotatable bonds is 4. The molecule has 1 fully saturated rings. The predicted octanol–water partition coefficient (Wildman–Crippen LogP) is 2.30. The van der Waals surface area contributed by atoms with Crippen LogP contribution in [0.2, 0.25) is 0 Å². The molecule has 118 valence electrons. The summed E-state index contributed by atoms with van der Waals surface area (Å²) in [5.74, 6) is 2.40. The SMILES string of the molecule is CNC1(c2nnnn2-c2ccccc2OC)CCC(C)CC1. The molecule has 0 aliphatic heterocycles. The largest absolute Gasteiger partial charge is 0.494 e. The van der Waals surface area contributed by atoms with Crippen LogP contribution in [0.3, 0.4) is 0 Å². The summed E-state index contributed by atoms with van der Waals surface area (Å²) in [6.45, 7) is 2.31. The highest BCUT2D eigenvalue weighted by Gasteiger charge is 2.39.